The van der Waals surface area contributed by atoms with E-state index >= 15 is 0 Å². The van der Waals surface area contributed by atoms with Crippen molar-refractivity contribution in [3.05, 3.63) is 181 Å². The van der Waals surface area contributed by atoms with Gasteiger partial charge in [0.1, 0.15) is 11.2 Å². The average Bonchev–Trinajstić information content (AvgIpc) is 3.72. The summed E-state index contributed by atoms with van der Waals surface area (Å²) in [6.45, 7) is 4.72. The van der Waals surface area contributed by atoms with E-state index in [1.165, 1.54) is 49.5 Å². The van der Waals surface area contributed by atoms with Gasteiger partial charge in [-0.3, -0.25) is 0 Å². The van der Waals surface area contributed by atoms with Crippen molar-refractivity contribution in [2.75, 3.05) is 0 Å². The van der Waals surface area contributed by atoms with E-state index in [0.29, 0.717) is 5.82 Å². The molecule has 54 heavy (non-hydrogen) atoms. The van der Waals surface area contributed by atoms with Crippen LogP contribution >= 0.6 is 0 Å². The molecule has 0 N–H and O–H groups in total. The molecule has 10 aromatic rings. The van der Waals surface area contributed by atoms with Crippen LogP contribution in [0.2, 0.25) is 0 Å². The smallest absolute Gasteiger partial charge is 0.161 e. The van der Waals surface area contributed by atoms with Gasteiger partial charge in [0.2, 0.25) is 0 Å². The summed E-state index contributed by atoms with van der Waals surface area (Å²) < 4.78 is 6.29. The first-order valence-electron chi connectivity index (χ1n) is 18.6. The normalized spacial score (nSPS) is 13.1. The van der Waals surface area contributed by atoms with Gasteiger partial charge in [-0.1, -0.05) is 153 Å². The highest BCUT2D eigenvalue weighted by Crippen LogP contribution is 2.52. The van der Waals surface area contributed by atoms with Crippen molar-refractivity contribution in [3.63, 3.8) is 0 Å². The van der Waals surface area contributed by atoms with Crippen molar-refractivity contribution in [2.45, 2.75) is 19.3 Å². The summed E-state index contributed by atoms with van der Waals surface area (Å²) in [6, 6.07) is 60.5. The quantitative estimate of drug-likeness (QED) is 0.184. The molecule has 0 saturated carbocycles. The molecule has 1 aliphatic rings. The minimum absolute atomic E-state index is 0.0954. The molecule has 8 aromatic carbocycles. The lowest BCUT2D eigenvalue weighted by atomic mass is 9.80. The number of aromatic nitrogens is 2. The van der Waals surface area contributed by atoms with E-state index in [1.54, 1.807) is 0 Å². The van der Waals surface area contributed by atoms with Gasteiger partial charge in [-0.15, -0.1) is 0 Å². The first-order valence-corrected chi connectivity index (χ1v) is 18.6. The van der Waals surface area contributed by atoms with Crippen LogP contribution in [-0.4, -0.2) is 9.97 Å². The third-order valence-electron chi connectivity index (χ3n) is 11.5. The summed E-state index contributed by atoms with van der Waals surface area (Å²) in [7, 11) is 0. The van der Waals surface area contributed by atoms with Crippen LogP contribution in [0.4, 0.5) is 0 Å². The van der Waals surface area contributed by atoms with Gasteiger partial charge in [-0.2, -0.15) is 0 Å². The van der Waals surface area contributed by atoms with E-state index in [0.717, 1.165) is 55.4 Å². The van der Waals surface area contributed by atoms with Gasteiger partial charge < -0.3 is 4.42 Å². The maximum Gasteiger partial charge on any atom is 0.161 e. The third-order valence-corrected chi connectivity index (χ3v) is 11.5. The number of rotatable bonds is 4. The summed E-state index contributed by atoms with van der Waals surface area (Å²) in [5.41, 5.74) is 14.2. The summed E-state index contributed by atoms with van der Waals surface area (Å²) >= 11 is 0. The van der Waals surface area contributed by atoms with Crippen LogP contribution in [0.1, 0.15) is 25.0 Å². The molecule has 3 heteroatoms. The number of nitrogens with zero attached hydrogens (tertiary/aromatic N) is 2. The van der Waals surface area contributed by atoms with Gasteiger partial charge in [0.05, 0.1) is 11.4 Å². The van der Waals surface area contributed by atoms with E-state index < -0.39 is 0 Å². The molecule has 0 saturated heterocycles. The van der Waals surface area contributed by atoms with Crippen molar-refractivity contribution in [3.8, 4) is 56.2 Å². The Kier molecular flexibility index (Phi) is 6.60. The number of para-hydroxylation sites is 1. The number of furan rings is 1. The molecule has 0 radical (unpaired) electrons. The van der Waals surface area contributed by atoms with Gasteiger partial charge >= 0.3 is 0 Å². The predicted octanol–water partition coefficient (Wildman–Crippen LogP) is 13.7. The van der Waals surface area contributed by atoms with Crippen LogP contribution < -0.4 is 0 Å². The molecular weight excluding hydrogens is 657 g/mol. The number of hydrogen-bond acceptors (Lipinski definition) is 3. The zero-order valence-electron chi connectivity index (χ0n) is 30.0. The Bertz CT molecular complexity index is 3130. The topological polar surface area (TPSA) is 38.9 Å². The second kappa shape index (κ2) is 11.6. The first kappa shape index (κ1) is 30.8. The fraction of sp³-hybridized carbons (Fsp3) is 0.0588. The minimum atomic E-state index is -0.0954. The molecule has 0 bridgehead atoms. The molecule has 2 heterocycles. The van der Waals surface area contributed by atoms with Gasteiger partial charge in [0.15, 0.2) is 5.82 Å². The maximum absolute atomic E-state index is 6.29. The summed E-state index contributed by atoms with van der Waals surface area (Å²) in [4.78, 5) is 10.6. The average molecular weight is 691 g/mol. The van der Waals surface area contributed by atoms with Gasteiger partial charge in [-0.05, 0) is 85.3 Å². The maximum atomic E-state index is 6.29. The lowest BCUT2D eigenvalue weighted by Gasteiger charge is -2.23. The Balaban J connectivity index is 1.10. The van der Waals surface area contributed by atoms with Crippen molar-refractivity contribution in [2.24, 2.45) is 0 Å². The number of fused-ring (bicyclic) bond motifs is 9. The van der Waals surface area contributed by atoms with Crippen molar-refractivity contribution < 1.29 is 4.42 Å². The molecule has 11 rings (SSSR count). The van der Waals surface area contributed by atoms with E-state index in [-0.39, 0.29) is 5.41 Å². The molecule has 2 aromatic heterocycles. The molecule has 0 spiro atoms. The van der Waals surface area contributed by atoms with Crippen molar-refractivity contribution in [1.29, 1.82) is 0 Å². The Morgan fingerprint density at radius 3 is 1.94 bits per heavy atom. The molecule has 0 aliphatic heterocycles. The van der Waals surface area contributed by atoms with Crippen LogP contribution in [0.3, 0.4) is 0 Å². The Labute approximate surface area is 313 Å². The molecule has 0 amide bonds. The predicted molar refractivity (Wildman–Crippen MR) is 224 cm³/mol. The van der Waals surface area contributed by atoms with E-state index in [4.69, 9.17) is 14.4 Å². The first-order chi connectivity index (χ1) is 26.5. The Hall–Kier alpha value is -6.84. The second-order valence-corrected chi connectivity index (χ2v) is 14.9. The molecule has 0 unspecified atom stereocenters. The summed E-state index contributed by atoms with van der Waals surface area (Å²) in [5, 5.41) is 7.05. The van der Waals surface area contributed by atoms with Gasteiger partial charge in [0.25, 0.3) is 0 Å². The van der Waals surface area contributed by atoms with E-state index in [2.05, 4.69) is 153 Å². The lowest BCUT2D eigenvalue weighted by molar-refractivity contribution is 0.666. The summed E-state index contributed by atoms with van der Waals surface area (Å²) in [6.07, 6.45) is 0. The van der Waals surface area contributed by atoms with Crippen LogP contribution in [0, 0.1) is 0 Å². The number of benzene rings is 8. The zero-order valence-corrected chi connectivity index (χ0v) is 30.0. The molecular formula is C51H34N2O. The monoisotopic (exact) mass is 690 g/mol. The fourth-order valence-electron chi connectivity index (χ4n) is 8.98. The minimum Gasteiger partial charge on any atom is -0.456 e. The number of hydrogen-bond donors (Lipinski definition) is 0. The molecule has 3 nitrogen and oxygen atoms in total. The zero-order chi connectivity index (χ0) is 36.0. The van der Waals surface area contributed by atoms with E-state index in [9.17, 15) is 0 Å². The highest BCUT2D eigenvalue weighted by Gasteiger charge is 2.37. The third kappa shape index (κ3) is 4.55. The molecule has 1 aliphatic carbocycles. The molecule has 0 atom stereocenters. The summed E-state index contributed by atoms with van der Waals surface area (Å²) in [5.74, 6) is 0.690. The van der Waals surface area contributed by atoms with Crippen LogP contribution in [-0.2, 0) is 5.41 Å². The van der Waals surface area contributed by atoms with Gasteiger partial charge in [-0.25, -0.2) is 9.97 Å². The van der Waals surface area contributed by atoms with Crippen LogP contribution in [0.5, 0.6) is 0 Å². The fourth-order valence-corrected chi connectivity index (χ4v) is 8.98. The van der Waals surface area contributed by atoms with Crippen LogP contribution in [0.15, 0.2) is 174 Å². The van der Waals surface area contributed by atoms with E-state index in [1.807, 2.05) is 30.3 Å². The van der Waals surface area contributed by atoms with Crippen molar-refractivity contribution in [1.82, 2.24) is 9.97 Å². The second-order valence-electron chi connectivity index (χ2n) is 14.9. The standard InChI is InChI=1S/C51H34N2O/c1-51(2)43-28-24-33(29-42(43)38-25-23-31-13-6-7-16-35(31)49(38)51)34-26-27-39(37-18-9-8-17-36(34)37)50-52-44(32-14-4-3-5-15-32)30-45(53-50)40-20-12-22-47-48(40)41-19-10-11-21-46(41)54-47/h3-30H,1-2H3. The van der Waals surface area contributed by atoms with Gasteiger partial charge in [0, 0.05) is 32.9 Å². The van der Waals surface area contributed by atoms with Crippen molar-refractivity contribution >= 4 is 43.5 Å². The highest BCUT2D eigenvalue weighted by atomic mass is 16.3. The highest BCUT2D eigenvalue weighted by molar-refractivity contribution is 6.12. The largest absolute Gasteiger partial charge is 0.456 e. The molecule has 254 valence electrons. The lowest BCUT2D eigenvalue weighted by Crippen LogP contribution is -2.15. The Morgan fingerprint density at radius 1 is 0.426 bits per heavy atom. The Morgan fingerprint density at radius 2 is 1.09 bits per heavy atom. The SMILES string of the molecule is CC1(C)c2ccc(-c3ccc(-c4nc(-c5ccccc5)cc(-c5cccc6oc7ccccc7c56)n4)c4ccccc34)cc2-c2ccc3ccccc3c21. The molecule has 0 fully saturated rings. The van der Waals surface area contributed by atoms with Crippen LogP contribution in [0.25, 0.3) is 99.6 Å².